The second-order valence-electron chi connectivity index (χ2n) is 11.0. The van der Waals surface area contributed by atoms with Crippen molar-refractivity contribution in [2.75, 3.05) is 19.1 Å². The van der Waals surface area contributed by atoms with Crippen LogP contribution in [0.15, 0.2) is 57.6 Å². The van der Waals surface area contributed by atoms with E-state index in [-0.39, 0.29) is 40.9 Å². The molecule has 224 valence electrons. The summed E-state index contributed by atoms with van der Waals surface area (Å²) in [7, 11) is 4.20. The number of ether oxygens (including phenoxy) is 2. The van der Waals surface area contributed by atoms with E-state index in [0.717, 1.165) is 15.5 Å². The van der Waals surface area contributed by atoms with Crippen LogP contribution in [0.4, 0.5) is 10.1 Å². The van der Waals surface area contributed by atoms with Gasteiger partial charge >= 0.3 is 11.4 Å². The number of nitrogens with zero attached hydrogens (tertiary/aromatic N) is 4. The van der Waals surface area contributed by atoms with Crippen LogP contribution in [0.1, 0.15) is 24.9 Å². The van der Waals surface area contributed by atoms with Crippen molar-refractivity contribution in [1.82, 2.24) is 13.9 Å². The largest absolute Gasteiger partial charge is 0.502 e. The summed E-state index contributed by atoms with van der Waals surface area (Å²) in [6.07, 6.45) is 5.43. The minimum absolute atomic E-state index is 0.0902. The Bertz CT molecular complexity index is 1860. The molecule has 3 heterocycles. The summed E-state index contributed by atoms with van der Waals surface area (Å²) in [5, 5.41) is 10.1. The summed E-state index contributed by atoms with van der Waals surface area (Å²) in [5.41, 5.74) is -0.890. The Kier molecular flexibility index (Phi) is 6.64. The van der Waals surface area contributed by atoms with E-state index in [1.54, 1.807) is 31.2 Å². The Balaban J connectivity index is 1.52. The second kappa shape index (κ2) is 10.0. The first kappa shape index (κ1) is 28.5. The minimum Gasteiger partial charge on any atom is -0.502 e. The number of imide groups is 1. The van der Waals surface area contributed by atoms with E-state index < -0.39 is 52.3 Å². The lowest BCUT2D eigenvalue weighted by atomic mass is 9.58. The van der Waals surface area contributed by atoms with E-state index in [9.17, 15) is 28.7 Å². The van der Waals surface area contributed by atoms with Crippen molar-refractivity contribution in [3.05, 3.63) is 85.4 Å². The average Bonchev–Trinajstić information content (AvgIpc) is 3.33. The molecule has 2 amide bonds. The molecule has 0 unspecified atom stereocenters. The van der Waals surface area contributed by atoms with Gasteiger partial charge < -0.3 is 14.6 Å². The molecule has 6 rings (SSSR count). The molecule has 0 radical (unpaired) electrons. The number of fused-ring (bicyclic) bond motifs is 4. The summed E-state index contributed by atoms with van der Waals surface area (Å²) in [4.78, 5) is 55.4. The van der Waals surface area contributed by atoms with Gasteiger partial charge in [-0.15, -0.1) is 0 Å². The molecule has 13 heteroatoms. The highest BCUT2D eigenvalue weighted by Gasteiger charge is 2.64. The van der Waals surface area contributed by atoms with Crippen molar-refractivity contribution in [3.8, 4) is 17.2 Å². The highest BCUT2D eigenvalue weighted by atomic mass is 35.5. The molecule has 3 aliphatic rings. The van der Waals surface area contributed by atoms with Crippen molar-refractivity contribution < 1.29 is 28.6 Å². The van der Waals surface area contributed by atoms with Crippen molar-refractivity contribution in [1.29, 1.82) is 0 Å². The van der Waals surface area contributed by atoms with Gasteiger partial charge in [0.05, 0.1) is 48.8 Å². The number of benzene rings is 2. The molecule has 0 bridgehead atoms. The molecule has 1 N–H and O–H groups in total. The fraction of sp³-hybridized carbons (Fsp3) is 0.333. The maximum absolute atomic E-state index is 14.3. The van der Waals surface area contributed by atoms with Gasteiger partial charge in [0.15, 0.2) is 11.5 Å². The Morgan fingerprint density at radius 2 is 1.74 bits per heavy atom. The van der Waals surface area contributed by atoms with Crippen LogP contribution in [0.25, 0.3) is 6.08 Å². The van der Waals surface area contributed by atoms with Crippen LogP contribution < -0.4 is 25.8 Å². The molecule has 1 aliphatic carbocycles. The standard InChI is InChI=1S/C30H28ClFN4O7/c1-30-18(7-5-15-11-23(42-3)25(37)24(12-15)43-4)17-9-10-34-28(40)33(2)29(41)36(34)22(17)14-19(30)26(38)35(27(30)39)16-6-8-21(32)20(31)13-16/h5-9,11-13,18-19,22,37H,10,14H2,1-4H3/t18-,19-,22+,30-/m0/s1. The van der Waals surface area contributed by atoms with E-state index in [2.05, 4.69) is 0 Å². The van der Waals surface area contributed by atoms with Crippen molar-refractivity contribution in [2.45, 2.75) is 25.9 Å². The van der Waals surface area contributed by atoms with Crippen molar-refractivity contribution >= 4 is 35.2 Å². The second-order valence-corrected chi connectivity index (χ2v) is 11.4. The molecule has 2 aromatic carbocycles. The van der Waals surface area contributed by atoms with Gasteiger partial charge in [0.25, 0.3) is 0 Å². The number of allylic oxidation sites excluding steroid dienone is 3. The van der Waals surface area contributed by atoms with E-state index in [1.165, 1.54) is 42.8 Å². The van der Waals surface area contributed by atoms with Crippen LogP contribution in [-0.2, 0) is 23.2 Å². The topological polar surface area (TPSA) is 125 Å². The van der Waals surface area contributed by atoms with Crippen molar-refractivity contribution in [2.24, 2.45) is 24.3 Å². The molecule has 2 aliphatic heterocycles. The van der Waals surface area contributed by atoms with Gasteiger partial charge in [-0.05, 0) is 54.8 Å². The molecular weight excluding hydrogens is 583 g/mol. The number of anilines is 1. The third-order valence-corrected chi connectivity index (χ3v) is 9.24. The Morgan fingerprint density at radius 3 is 2.37 bits per heavy atom. The van der Waals surface area contributed by atoms with Gasteiger partial charge in [0.2, 0.25) is 17.6 Å². The third kappa shape index (κ3) is 3.99. The number of halogens is 2. The van der Waals surface area contributed by atoms with Crippen molar-refractivity contribution in [3.63, 3.8) is 0 Å². The lowest BCUT2D eigenvalue weighted by Crippen LogP contribution is -2.49. The smallest absolute Gasteiger partial charge is 0.347 e. The summed E-state index contributed by atoms with van der Waals surface area (Å²) < 4.78 is 28.3. The molecule has 4 atom stereocenters. The fourth-order valence-corrected chi connectivity index (χ4v) is 6.85. The lowest BCUT2D eigenvalue weighted by molar-refractivity contribution is -0.129. The number of methoxy groups -OCH3 is 2. The summed E-state index contributed by atoms with van der Waals surface area (Å²) in [5.74, 6) is -3.11. The Labute approximate surface area is 249 Å². The molecular formula is C30H28ClFN4O7. The Morgan fingerprint density at radius 1 is 1.07 bits per heavy atom. The number of aromatic nitrogens is 3. The molecule has 2 fully saturated rings. The number of rotatable bonds is 5. The molecule has 1 saturated heterocycles. The van der Waals surface area contributed by atoms with Crippen LogP contribution in [-0.4, -0.2) is 45.1 Å². The molecule has 3 aromatic rings. The SMILES string of the molecule is COc1cc(C=C[C@H]2C3=CCn4c(=O)n(C)c(=O)n4[C@@H]3C[C@H]3C(=O)N(c4ccc(F)c(Cl)c4)C(=O)[C@@]23C)cc(OC)c1O. The number of phenolic OH excluding ortho intramolecular Hbond substituents is 1. The van der Waals surface area contributed by atoms with Gasteiger partial charge in [-0.3, -0.25) is 9.59 Å². The van der Waals surface area contributed by atoms with Crippen LogP contribution in [0.3, 0.4) is 0 Å². The highest BCUT2D eigenvalue weighted by molar-refractivity contribution is 6.31. The Hall–Kier alpha value is -4.58. The molecule has 11 nitrogen and oxygen atoms in total. The number of amides is 2. The van der Waals surface area contributed by atoms with E-state index in [4.69, 9.17) is 21.1 Å². The van der Waals surface area contributed by atoms with Gasteiger partial charge in [0.1, 0.15) is 5.82 Å². The molecule has 0 spiro atoms. The first-order chi connectivity index (χ1) is 20.4. The first-order valence-electron chi connectivity index (χ1n) is 13.5. The maximum Gasteiger partial charge on any atom is 0.347 e. The number of hydrogen-bond acceptors (Lipinski definition) is 7. The first-order valence-corrected chi connectivity index (χ1v) is 13.9. The fourth-order valence-electron chi connectivity index (χ4n) is 6.68. The highest BCUT2D eigenvalue weighted by Crippen LogP contribution is 2.58. The minimum atomic E-state index is -1.30. The van der Waals surface area contributed by atoms with E-state index in [1.807, 2.05) is 6.08 Å². The zero-order chi connectivity index (χ0) is 31.0. The number of carbonyl (C=O) groups is 2. The van der Waals surface area contributed by atoms with Crippen LogP contribution in [0, 0.1) is 23.1 Å². The number of aromatic hydroxyl groups is 1. The monoisotopic (exact) mass is 610 g/mol. The zero-order valence-corrected chi connectivity index (χ0v) is 24.5. The normalized spacial score (nSPS) is 24.6. The summed E-state index contributed by atoms with van der Waals surface area (Å²) >= 11 is 6.02. The average molecular weight is 611 g/mol. The third-order valence-electron chi connectivity index (χ3n) is 8.95. The van der Waals surface area contributed by atoms with Gasteiger partial charge in [0, 0.05) is 13.0 Å². The van der Waals surface area contributed by atoms with Crippen LogP contribution >= 0.6 is 11.6 Å². The number of hydrogen-bond donors (Lipinski definition) is 1. The van der Waals surface area contributed by atoms with Gasteiger partial charge in [-0.25, -0.2) is 32.8 Å². The van der Waals surface area contributed by atoms with Gasteiger partial charge in [-0.1, -0.05) is 29.8 Å². The predicted octanol–water partition coefficient (Wildman–Crippen LogP) is 3.27. The number of carbonyl (C=O) groups excluding carboxylic acids is 2. The van der Waals surface area contributed by atoms with Crippen LogP contribution in [0.2, 0.25) is 5.02 Å². The quantitative estimate of drug-likeness (QED) is 0.347. The van der Waals surface area contributed by atoms with E-state index in [0.29, 0.717) is 11.1 Å². The maximum atomic E-state index is 14.3. The molecule has 1 aromatic heterocycles. The number of phenols is 1. The summed E-state index contributed by atoms with van der Waals surface area (Å²) in [6, 6.07) is 6.16. The molecule has 43 heavy (non-hydrogen) atoms. The summed E-state index contributed by atoms with van der Waals surface area (Å²) in [6.45, 7) is 1.81. The molecule has 1 saturated carbocycles. The van der Waals surface area contributed by atoms with E-state index >= 15 is 0 Å². The van der Waals surface area contributed by atoms with Crippen LogP contribution in [0.5, 0.6) is 17.2 Å². The lowest BCUT2D eigenvalue weighted by Gasteiger charge is -2.45. The zero-order valence-electron chi connectivity index (χ0n) is 23.7. The predicted molar refractivity (Wildman–Crippen MR) is 155 cm³/mol. The van der Waals surface area contributed by atoms with Gasteiger partial charge in [-0.2, -0.15) is 0 Å².